The Bertz CT molecular complexity index is 461. The molecule has 0 spiro atoms. The number of carbonyl (C=O) groups is 1. The quantitative estimate of drug-likeness (QED) is 0.473. The highest BCUT2D eigenvalue weighted by atomic mass is 16.6. The molecule has 0 saturated carbocycles. The summed E-state index contributed by atoms with van der Waals surface area (Å²) in [6.07, 6.45) is 0. The van der Waals surface area contributed by atoms with Crippen molar-refractivity contribution in [3.8, 4) is 5.75 Å². The van der Waals surface area contributed by atoms with Crippen molar-refractivity contribution in [2.24, 2.45) is 5.73 Å². The fourth-order valence-corrected chi connectivity index (χ4v) is 1.36. The van der Waals surface area contributed by atoms with Crippen LogP contribution in [0.4, 0.5) is 5.69 Å². The molecule has 0 bridgehead atoms. The van der Waals surface area contributed by atoms with E-state index in [9.17, 15) is 14.9 Å². The van der Waals surface area contributed by atoms with Gasteiger partial charge in [0.05, 0.1) is 17.6 Å². The van der Waals surface area contributed by atoms with Crippen LogP contribution in [0.15, 0.2) is 18.2 Å². The third kappa shape index (κ3) is 3.17. The Morgan fingerprint density at radius 3 is 2.78 bits per heavy atom. The van der Waals surface area contributed by atoms with E-state index in [0.29, 0.717) is 11.3 Å². The zero-order chi connectivity index (χ0) is 13.7. The van der Waals surface area contributed by atoms with E-state index in [-0.39, 0.29) is 12.3 Å². The third-order valence-electron chi connectivity index (χ3n) is 2.37. The van der Waals surface area contributed by atoms with Crippen molar-refractivity contribution in [3.05, 3.63) is 33.9 Å². The second-order valence-corrected chi connectivity index (χ2v) is 3.60. The number of methoxy groups -OCH3 is 1. The topological polar surface area (TPSA) is 105 Å². The molecule has 0 amide bonds. The molecule has 0 aliphatic carbocycles. The molecule has 2 N–H and O–H groups in total. The summed E-state index contributed by atoms with van der Waals surface area (Å²) in [5.74, 6) is -0.276. The average Bonchev–Trinajstić information content (AvgIpc) is 2.35. The number of ether oxygens (including phenoxy) is 2. The molecule has 98 valence electrons. The van der Waals surface area contributed by atoms with Gasteiger partial charge in [0, 0.05) is 6.07 Å². The number of hydrogen-bond donors (Lipinski definition) is 1. The standard InChI is InChI=1S/C11H14N2O5/c1-7-9(13(15)16)4-3-5-10(7)18-6-8(12)11(14)17-2/h3-5,8H,6,12H2,1-2H3. The zero-order valence-electron chi connectivity index (χ0n) is 10.1. The van der Waals surface area contributed by atoms with E-state index in [4.69, 9.17) is 10.5 Å². The maximum absolute atomic E-state index is 11.1. The molecule has 18 heavy (non-hydrogen) atoms. The summed E-state index contributed by atoms with van der Waals surface area (Å²) in [4.78, 5) is 21.3. The number of carbonyl (C=O) groups excluding carboxylic acids is 1. The molecule has 1 atom stereocenters. The number of nitro groups is 1. The number of rotatable bonds is 5. The van der Waals surface area contributed by atoms with Gasteiger partial charge in [0.2, 0.25) is 0 Å². The summed E-state index contributed by atoms with van der Waals surface area (Å²) in [5.41, 5.74) is 5.84. The molecular weight excluding hydrogens is 240 g/mol. The summed E-state index contributed by atoms with van der Waals surface area (Å²) in [6.45, 7) is 1.46. The maximum atomic E-state index is 11.1. The van der Waals surface area contributed by atoms with E-state index in [1.807, 2.05) is 0 Å². The monoisotopic (exact) mass is 254 g/mol. The van der Waals surface area contributed by atoms with Gasteiger partial charge in [-0.1, -0.05) is 6.07 Å². The van der Waals surface area contributed by atoms with Crippen LogP contribution in [-0.4, -0.2) is 30.7 Å². The molecule has 7 nitrogen and oxygen atoms in total. The van der Waals surface area contributed by atoms with Crippen molar-refractivity contribution >= 4 is 11.7 Å². The van der Waals surface area contributed by atoms with Crippen LogP contribution in [0.25, 0.3) is 0 Å². The van der Waals surface area contributed by atoms with Gasteiger partial charge in [-0.3, -0.25) is 14.9 Å². The molecule has 0 fully saturated rings. The van der Waals surface area contributed by atoms with Gasteiger partial charge in [-0.25, -0.2) is 0 Å². The Labute approximate surface area is 104 Å². The Morgan fingerprint density at radius 1 is 1.56 bits per heavy atom. The van der Waals surface area contributed by atoms with Crippen LogP contribution in [0, 0.1) is 17.0 Å². The normalized spacial score (nSPS) is 11.7. The fourth-order valence-electron chi connectivity index (χ4n) is 1.36. The van der Waals surface area contributed by atoms with Crippen LogP contribution < -0.4 is 10.5 Å². The number of nitrogens with two attached hydrogens (primary N) is 1. The van der Waals surface area contributed by atoms with Crippen LogP contribution in [0.5, 0.6) is 5.75 Å². The lowest BCUT2D eigenvalue weighted by Gasteiger charge is -2.12. The van der Waals surface area contributed by atoms with Gasteiger partial charge < -0.3 is 15.2 Å². The predicted octanol–water partition coefficient (Wildman–Crippen LogP) is 0.782. The molecule has 0 aliphatic rings. The van der Waals surface area contributed by atoms with E-state index >= 15 is 0 Å². The van der Waals surface area contributed by atoms with Gasteiger partial charge in [0.1, 0.15) is 18.4 Å². The Balaban J connectivity index is 2.77. The smallest absolute Gasteiger partial charge is 0.326 e. The van der Waals surface area contributed by atoms with Crippen LogP contribution >= 0.6 is 0 Å². The molecule has 7 heteroatoms. The molecule has 0 aliphatic heterocycles. The first kappa shape index (κ1) is 13.9. The molecular formula is C11H14N2O5. The first-order chi connectivity index (χ1) is 8.47. The summed E-state index contributed by atoms with van der Waals surface area (Å²) in [6, 6.07) is 3.53. The summed E-state index contributed by atoms with van der Waals surface area (Å²) >= 11 is 0. The zero-order valence-corrected chi connectivity index (χ0v) is 10.1. The van der Waals surface area contributed by atoms with Crippen molar-refractivity contribution in [2.75, 3.05) is 13.7 Å². The van der Waals surface area contributed by atoms with Gasteiger partial charge in [-0.15, -0.1) is 0 Å². The minimum absolute atomic E-state index is 0.0425. The molecule has 0 radical (unpaired) electrons. The van der Waals surface area contributed by atoms with E-state index in [1.54, 1.807) is 13.0 Å². The minimum atomic E-state index is -0.923. The van der Waals surface area contributed by atoms with E-state index in [1.165, 1.54) is 19.2 Å². The van der Waals surface area contributed by atoms with Crippen molar-refractivity contribution < 1.29 is 19.2 Å². The number of nitrogens with zero attached hydrogens (tertiary/aromatic N) is 1. The highest BCUT2D eigenvalue weighted by Crippen LogP contribution is 2.26. The second kappa shape index (κ2) is 5.97. The first-order valence-corrected chi connectivity index (χ1v) is 5.17. The van der Waals surface area contributed by atoms with Crippen molar-refractivity contribution in [1.82, 2.24) is 0 Å². The van der Waals surface area contributed by atoms with Crippen molar-refractivity contribution in [2.45, 2.75) is 13.0 Å². The molecule has 0 aromatic heterocycles. The third-order valence-corrected chi connectivity index (χ3v) is 2.37. The highest BCUT2D eigenvalue weighted by molar-refractivity contribution is 5.75. The SMILES string of the molecule is COC(=O)C(N)COc1cccc([N+](=O)[O-])c1C. The van der Waals surface area contributed by atoms with Crippen LogP contribution in [-0.2, 0) is 9.53 Å². The lowest BCUT2D eigenvalue weighted by molar-refractivity contribution is -0.385. The molecule has 1 rings (SSSR count). The molecule has 1 aromatic carbocycles. The van der Waals surface area contributed by atoms with Gasteiger partial charge in [0.15, 0.2) is 0 Å². The minimum Gasteiger partial charge on any atom is -0.491 e. The first-order valence-electron chi connectivity index (χ1n) is 5.17. The number of benzene rings is 1. The Hall–Kier alpha value is -2.15. The summed E-state index contributed by atoms with van der Waals surface area (Å²) in [7, 11) is 1.22. The van der Waals surface area contributed by atoms with E-state index in [2.05, 4.69) is 4.74 Å². The average molecular weight is 254 g/mol. The predicted molar refractivity (Wildman–Crippen MR) is 63.3 cm³/mol. The molecule has 1 aromatic rings. The van der Waals surface area contributed by atoms with Crippen LogP contribution in [0.1, 0.15) is 5.56 Å². The number of nitro benzene ring substituents is 1. The lowest BCUT2D eigenvalue weighted by Crippen LogP contribution is -2.37. The van der Waals surface area contributed by atoms with Crippen LogP contribution in [0.2, 0.25) is 0 Å². The van der Waals surface area contributed by atoms with Gasteiger partial charge >= 0.3 is 5.97 Å². The summed E-state index contributed by atoms with van der Waals surface area (Å²) < 4.78 is 9.72. The molecule has 0 heterocycles. The highest BCUT2D eigenvalue weighted by Gasteiger charge is 2.17. The maximum Gasteiger partial charge on any atom is 0.326 e. The molecule has 0 saturated heterocycles. The Morgan fingerprint density at radius 2 is 2.22 bits per heavy atom. The largest absolute Gasteiger partial charge is 0.491 e. The molecule has 1 unspecified atom stereocenters. The number of hydrogen-bond acceptors (Lipinski definition) is 6. The lowest BCUT2D eigenvalue weighted by atomic mass is 10.2. The Kier molecular flexibility index (Phi) is 4.61. The fraction of sp³-hybridized carbons (Fsp3) is 0.364. The number of esters is 1. The summed E-state index contributed by atoms with van der Waals surface area (Å²) in [5, 5.41) is 10.7. The van der Waals surface area contributed by atoms with Crippen molar-refractivity contribution in [3.63, 3.8) is 0 Å². The second-order valence-electron chi connectivity index (χ2n) is 3.60. The van der Waals surface area contributed by atoms with E-state index < -0.39 is 16.9 Å². The van der Waals surface area contributed by atoms with Gasteiger partial charge in [0.25, 0.3) is 5.69 Å². The van der Waals surface area contributed by atoms with E-state index in [0.717, 1.165) is 0 Å². The van der Waals surface area contributed by atoms with Gasteiger partial charge in [-0.05, 0) is 13.0 Å². The van der Waals surface area contributed by atoms with Crippen molar-refractivity contribution in [1.29, 1.82) is 0 Å². The van der Waals surface area contributed by atoms with Crippen LogP contribution in [0.3, 0.4) is 0 Å². The van der Waals surface area contributed by atoms with Gasteiger partial charge in [-0.2, -0.15) is 0 Å².